The van der Waals surface area contributed by atoms with E-state index in [1.165, 1.54) is 15.6 Å². The van der Waals surface area contributed by atoms with E-state index in [2.05, 4.69) is 26.1 Å². The second kappa shape index (κ2) is 8.12. The Morgan fingerprint density at radius 2 is 2.10 bits per heavy atom. The smallest absolute Gasteiger partial charge is 0.243 e. The molecular weight excluding hydrogens is 292 g/mol. The van der Waals surface area contributed by atoms with E-state index in [9.17, 15) is 8.42 Å². The van der Waals surface area contributed by atoms with Crippen LogP contribution in [0.15, 0.2) is 16.3 Å². The lowest BCUT2D eigenvalue weighted by atomic mass is 10.1. The summed E-state index contributed by atoms with van der Waals surface area (Å²) in [6.07, 6.45) is 1.96. The van der Waals surface area contributed by atoms with E-state index in [0.717, 1.165) is 30.8 Å². The van der Waals surface area contributed by atoms with E-state index in [1.807, 2.05) is 0 Å². The molecule has 0 amide bonds. The van der Waals surface area contributed by atoms with Crippen LogP contribution in [-0.4, -0.2) is 32.9 Å². The van der Waals surface area contributed by atoms with Crippen LogP contribution in [0.1, 0.15) is 38.5 Å². The third-order valence-electron chi connectivity index (χ3n) is 3.09. The lowest BCUT2D eigenvalue weighted by Crippen LogP contribution is -2.28. The largest absolute Gasteiger partial charge is 0.312 e. The predicted octanol–water partition coefficient (Wildman–Crippen LogP) is 2.91. The zero-order valence-corrected chi connectivity index (χ0v) is 14.5. The molecule has 20 heavy (non-hydrogen) atoms. The minimum atomic E-state index is -3.33. The van der Waals surface area contributed by atoms with Gasteiger partial charge in [-0.15, -0.1) is 11.3 Å². The zero-order valence-electron chi connectivity index (χ0n) is 12.8. The fourth-order valence-corrected chi connectivity index (χ4v) is 4.14. The highest BCUT2D eigenvalue weighted by atomic mass is 32.2. The van der Waals surface area contributed by atoms with E-state index < -0.39 is 10.0 Å². The highest BCUT2D eigenvalue weighted by molar-refractivity contribution is 7.89. The highest BCUT2D eigenvalue weighted by Crippen LogP contribution is 2.22. The fourth-order valence-electron chi connectivity index (χ4n) is 1.72. The van der Waals surface area contributed by atoms with Crippen molar-refractivity contribution in [1.29, 1.82) is 0 Å². The molecule has 0 aliphatic carbocycles. The molecule has 0 saturated carbocycles. The standard InChI is InChI=1S/C14H26N2O2S2/c1-5-7-15-10-13-9-14(11-19-13)20(17,18)16(4)8-6-12(2)3/h9,11-12,15H,5-8,10H2,1-4H3. The van der Waals surface area contributed by atoms with E-state index >= 15 is 0 Å². The quantitative estimate of drug-likeness (QED) is 0.712. The molecule has 4 nitrogen and oxygen atoms in total. The zero-order chi connectivity index (χ0) is 15.2. The van der Waals surface area contributed by atoms with Crippen molar-refractivity contribution >= 4 is 21.4 Å². The third-order valence-corrected chi connectivity index (χ3v) is 6.01. The number of nitrogens with one attached hydrogen (secondary N) is 1. The summed E-state index contributed by atoms with van der Waals surface area (Å²) in [4.78, 5) is 1.48. The predicted molar refractivity (Wildman–Crippen MR) is 85.6 cm³/mol. The molecule has 1 heterocycles. The molecule has 0 fully saturated rings. The van der Waals surface area contributed by atoms with E-state index in [-0.39, 0.29) is 0 Å². The van der Waals surface area contributed by atoms with Gasteiger partial charge in [-0.1, -0.05) is 20.8 Å². The average Bonchev–Trinajstić information content (AvgIpc) is 2.85. The van der Waals surface area contributed by atoms with Gasteiger partial charge in [0.2, 0.25) is 10.0 Å². The summed E-state index contributed by atoms with van der Waals surface area (Å²) in [7, 11) is -1.67. The summed E-state index contributed by atoms with van der Waals surface area (Å²) in [6.45, 7) is 8.57. The number of hydrogen-bond acceptors (Lipinski definition) is 4. The van der Waals surface area contributed by atoms with Gasteiger partial charge in [-0.25, -0.2) is 12.7 Å². The molecule has 116 valence electrons. The van der Waals surface area contributed by atoms with Crippen LogP contribution in [0.2, 0.25) is 0 Å². The maximum Gasteiger partial charge on any atom is 0.243 e. The molecule has 0 unspecified atom stereocenters. The van der Waals surface area contributed by atoms with Crippen molar-refractivity contribution in [3.63, 3.8) is 0 Å². The third kappa shape index (κ3) is 5.16. The van der Waals surface area contributed by atoms with Gasteiger partial charge in [0.05, 0.1) is 4.90 Å². The molecule has 0 bridgehead atoms. The maximum absolute atomic E-state index is 12.4. The molecule has 0 aliphatic heterocycles. The monoisotopic (exact) mass is 318 g/mol. The Morgan fingerprint density at radius 1 is 1.40 bits per heavy atom. The Balaban J connectivity index is 2.67. The van der Waals surface area contributed by atoms with Gasteiger partial charge in [0, 0.05) is 30.4 Å². The van der Waals surface area contributed by atoms with Crippen molar-refractivity contribution in [3.05, 3.63) is 16.3 Å². The van der Waals surface area contributed by atoms with E-state index in [4.69, 9.17) is 0 Å². The van der Waals surface area contributed by atoms with Gasteiger partial charge in [-0.2, -0.15) is 0 Å². The van der Waals surface area contributed by atoms with Gasteiger partial charge in [0.15, 0.2) is 0 Å². The van der Waals surface area contributed by atoms with Crippen molar-refractivity contribution in [2.24, 2.45) is 5.92 Å². The first-order chi connectivity index (χ1) is 9.37. The number of hydrogen-bond donors (Lipinski definition) is 1. The summed E-state index contributed by atoms with van der Waals surface area (Å²) in [5.74, 6) is 0.504. The Hall–Kier alpha value is -0.430. The summed E-state index contributed by atoms with van der Waals surface area (Å²) in [6, 6.07) is 1.79. The number of thiophene rings is 1. The first-order valence-electron chi connectivity index (χ1n) is 7.12. The van der Waals surface area contributed by atoms with Crippen LogP contribution >= 0.6 is 11.3 Å². The van der Waals surface area contributed by atoms with Gasteiger partial charge in [0.1, 0.15) is 0 Å². The van der Waals surface area contributed by atoms with Crippen LogP contribution in [0, 0.1) is 5.92 Å². The minimum absolute atomic E-state index is 0.419. The molecule has 0 aliphatic rings. The van der Waals surface area contributed by atoms with Crippen molar-refractivity contribution in [2.75, 3.05) is 20.1 Å². The first-order valence-corrected chi connectivity index (χ1v) is 9.44. The van der Waals surface area contributed by atoms with Crippen molar-refractivity contribution in [2.45, 2.75) is 45.1 Å². The number of rotatable bonds is 9. The molecule has 1 N–H and O–H groups in total. The van der Waals surface area contributed by atoms with Gasteiger partial charge >= 0.3 is 0 Å². The first kappa shape index (κ1) is 17.6. The molecule has 0 radical (unpaired) electrons. The minimum Gasteiger partial charge on any atom is -0.312 e. The Bertz CT molecular complexity index is 495. The Morgan fingerprint density at radius 3 is 2.70 bits per heavy atom. The second-order valence-corrected chi connectivity index (χ2v) is 8.48. The number of sulfonamides is 1. The molecule has 0 atom stereocenters. The molecule has 0 aromatic carbocycles. The summed E-state index contributed by atoms with van der Waals surface area (Å²) in [5.41, 5.74) is 0. The molecule has 0 spiro atoms. The van der Waals surface area contributed by atoms with Crippen LogP contribution in [-0.2, 0) is 16.6 Å². The molecule has 6 heteroatoms. The van der Waals surface area contributed by atoms with Crippen molar-refractivity contribution in [3.8, 4) is 0 Å². The number of nitrogens with zero attached hydrogens (tertiary/aromatic N) is 1. The van der Waals surface area contributed by atoms with Gasteiger partial charge < -0.3 is 5.32 Å². The highest BCUT2D eigenvalue weighted by Gasteiger charge is 2.22. The summed E-state index contributed by atoms with van der Waals surface area (Å²) >= 11 is 1.50. The molecular formula is C14H26N2O2S2. The van der Waals surface area contributed by atoms with Crippen molar-refractivity contribution < 1.29 is 8.42 Å². The van der Waals surface area contributed by atoms with Crippen LogP contribution in [0.4, 0.5) is 0 Å². The lowest BCUT2D eigenvalue weighted by molar-refractivity contribution is 0.428. The van der Waals surface area contributed by atoms with Gasteiger partial charge in [-0.05, 0) is 31.4 Å². The maximum atomic E-state index is 12.4. The normalized spacial score (nSPS) is 12.5. The van der Waals surface area contributed by atoms with Crippen LogP contribution in [0.5, 0.6) is 0 Å². The van der Waals surface area contributed by atoms with E-state index in [1.54, 1.807) is 18.5 Å². The summed E-state index contributed by atoms with van der Waals surface area (Å²) in [5, 5.41) is 5.03. The molecule has 1 aromatic rings. The second-order valence-electron chi connectivity index (χ2n) is 5.43. The fraction of sp³-hybridized carbons (Fsp3) is 0.714. The lowest BCUT2D eigenvalue weighted by Gasteiger charge is -2.17. The average molecular weight is 319 g/mol. The van der Waals surface area contributed by atoms with Gasteiger partial charge in [-0.3, -0.25) is 0 Å². The van der Waals surface area contributed by atoms with Crippen molar-refractivity contribution in [1.82, 2.24) is 9.62 Å². The van der Waals surface area contributed by atoms with E-state index in [0.29, 0.717) is 17.4 Å². The SMILES string of the molecule is CCCNCc1cc(S(=O)(=O)N(C)CCC(C)C)cs1. The van der Waals surface area contributed by atoms with Crippen LogP contribution in [0.3, 0.4) is 0 Å². The Kier molecular flexibility index (Phi) is 7.15. The molecule has 1 rings (SSSR count). The summed E-state index contributed by atoms with van der Waals surface area (Å²) < 4.78 is 26.3. The molecule has 0 saturated heterocycles. The van der Waals surface area contributed by atoms with Gasteiger partial charge in [0.25, 0.3) is 0 Å². The topological polar surface area (TPSA) is 49.4 Å². The van der Waals surface area contributed by atoms with Crippen LogP contribution < -0.4 is 5.32 Å². The molecule has 1 aromatic heterocycles. The Labute approximate surface area is 127 Å². The van der Waals surface area contributed by atoms with Crippen LogP contribution in [0.25, 0.3) is 0 Å².